The van der Waals surface area contributed by atoms with E-state index in [1.165, 1.54) is 11.0 Å². The molecule has 0 spiro atoms. The van der Waals surface area contributed by atoms with Gasteiger partial charge in [0.25, 0.3) is 11.8 Å². The molecule has 0 unspecified atom stereocenters. The van der Waals surface area contributed by atoms with E-state index in [2.05, 4.69) is 32.3 Å². The van der Waals surface area contributed by atoms with Gasteiger partial charge < -0.3 is 5.32 Å². The molecule has 1 N–H and O–H groups in total. The summed E-state index contributed by atoms with van der Waals surface area (Å²) in [5.74, 6) is 0.510. The number of hydrogen-bond acceptors (Lipinski definition) is 6. The summed E-state index contributed by atoms with van der Waals surface area (Å²) >= 11 is 0. The maximum atomic E-state index is 8.63. The van der Waals surface area contributed by atoms with Crippen molar-refractivity contribution in [3.8, 4) is 12.0 Å². The average molecular weight is 243 g/mol. The van der Waals surface area contributed by atoms with Gasteiger partial charge in [0.15, 0.2) is 0 Å². The largest absolute Gasteiger partial charge is 0.313 e. The van der Waals surface area contributed by atoms with Gasteiger partial charge in [0, 0.05) is 24.5 Å². The first-order valence-electron chi connectivity index (χ1n) is 5.67. The monoisotopic (exact) mass is 243 g/mol. The Balaban J connectivity index is 2.05. The van der Waals surface area contributed by atoms with Crippen LogP contribution in [0.5, 0.6) is 0 Å². The van der Waals surface area contributed by atoms with Crippen LogP contribution in [0.4, 0.5) is 0 Å². The minimum atomic E-state index is 0.104. The fourth-order valence-corrected chi connectivity index (χ4v) is 1.38. The van der Waals surface area contributed by atoms with Crippen LogP contribution in [0.2, 0.25) is 0 Å². The number of hydrogen-bond donors (Lipinski definition) is 1. The molecular formula is C11H13N7. The van der Waals surface area contributed by atoms with Crippen LogP contribution in [-0.2, 0) is 6.54 Å². The van der Waals surface area contributed by atoms with Crippen LogP contribution in [0.1, 0.15) is 24.7 Å². The minimum absolute atomic E-state index is 0.104. The molecule has 92 valence electrons. The average Bonchev–Trinajstić information content (AvgIpc) is 2.89. The first-order valence-corrected chi connectivity index (χ1v) is 5.67. The number of nitrogens with one attached hydrogen (secondary N) is 1. The van der Waals surface area contributed by atoms with Gasteiger partial charge in [-0.05, 0) is 13.0 Å². The fraction of sp³-hybridized carbons (Fsp3) is 0.364. The van der Waals surface area contributed by atoms with Gasteiger partial charge in [-0.25, -0.2) is 15.0 Å². The molecule has 0 saturated heterocycles. The molecule has 0 radical (unpaired) electrons. The van der Waals surface area contributed by atoms with Gasteiger partial charge >= 0.3 is 0 Å². The van der Waals surface area contributed by atoms with Crippen LogP contribution in [0.3, 0.4) is 0 Å². The number of rotatable bonds is 5. The summed E-state index contributed by atoms with van der Waals surface area (Å²) in [6, 6.07) is 1.85. The zero-order valence-corrected chi connectivity index (χ0v) is 10.0. The van der Waals surface area contributed by atoms with Gasteiger partial charge in [0.05, 0.1) is 0 Å². The molecule has 0 amide bonds. The third-order valence-electron chi connectivity index (χ3n) is 2.24. The Morgan fingerprint density at radius 2 is 2.11 bits per heavy atom. The SMILES string of the molecule is CCCNCc1cnc(-n2cnc(C#N)n2)nc1. The quantitative estimate of drug-likeness (QED) is 0.765. The third-order valence-corrected chi connectivity index (χ3v) is 2.24. The fourth-order valence-electron chi connectivity index (χ4n) is 1.38. The summed E-state index contributed by atoms with van der Waals surface area (Å²) in [4.78, 5) is 12.1. The predicted molar refractivity (Wildman–Crippen MR) is 63.7 cm³/mol. The molecule has 0 aliphatic heterocycles. The number of aromatic nitrogens is 5. The topological polar surface area (TPSA) is 92.3 Å². The van der Waals surface area contributed by atoms with Crippen molar-refractivity contribution in [2.75, 3.05) is 6.54 Å². The molecule has 0 atom stereocenters. The zero-order valence-electron chi connectivity index (χ0n) is 10.0. The van der Waals surface area contributed by atoms with E-state index in [0.717, 1.165) is 25.1 Å². The summed E-state index contributed by atoms with van der Waals surface area (Å²) in [6.45, 7) is 3.83. The lowest BCUT2D eigenvalue weighted by molar-refractivity contribution is 0.669. The summed E-state index contributed by atoms with van der Waals surface area (Å²) in [5, 5.41) is 15.8. The zero-order chi connectivity index (χ0) is 12.8. The van der Waals surface area contributed by atoms with E-state index in [-0.39, 0.29) is 5.82 Å². The van der Waals surface area contributed by atoms with E-state index in [9.17, 15) is 0 Å². The highest BCUT2D eigenvalue weighted by Gasteiger charge is 2.04. The molecule has 2 aromatic rings. The first-order chi connectivity index (χ1) is 8.83. The van der Waals surface area contributed by atoms with Crippen molar-refractivity contribution in [3.05, 3.63) is 30.1 Å². The van der Waals surface area contributed by atoms with Crippen molar-refractivity contribution >= 4 is 0 Å². The van der Waals surface area contributed by atoms with Crippen LogP contribution in [0, 0.1) is 11.3 Å². The Bertz CT molecular complexity index is 537. The van der Waals surface area contributed by atoms with Gasteiger partial charge in [-0.3, -0.25) is 0 Å². The molecular weight excluding hydrogens is 230 g/mol. The highest BCUT2D eigenvalue weighted by molar-refractivity contribution is 5.15. The van der Waals surface area contributed by atoms with Crippen LogP contribution in [-0.4, -0.2) is 31.3 Å². The van der Waals surface area contributed by atoms with Gasteiger partial charge in [-0.15, -0.1) is 5.10 Å². The molecule has 0 bridgehead atoms. The molecule has 0 fully saturated rings. The van der Waals surface area contributed by atoms with E-state index < -0.39 is 0 Å². The molecule has 2 rings (SSSR count). The van der Waals surface area contributed by atoms with Crippen molar-refractivity contribution in [2.24, 2.45) is 0 Å². The first kappa shape index (κ1) is 12.1. The van der Waals surface area contributed by atoms with Crippen LogP contribution >= 0.6 is 0 Å². The van der Waals surface area contributed by atoms with Crippen molar-refractivity contribution in [1.29, 1.82) is 5.26 Å². The molecule has 0 aromatic carbocycles. The molecule has 0 aliphatic rings. The Morgan fingerprint density at radius 3 is 2.72 bits per heavy atom. The maximum Gasteiger partial charge on any atom is 0.252 e. The summed E-state index contributed by atoms with van der Waals surface area (Å²) in [5.41, 5.74) is 1.01. The molecule has 7 nitrogen and oxygen atoms in total. The number of nitrogens with zero attached hydrogens (tertiary/aromatic N) is 6. The van der Waals surface area contributed by atoms with Crippen molar-refractivity contribution < 1.29 is 0 Å². The Kier molecular flexibility index (Phi) is 3.94. The van der Waals surface area contributed by atoms with Gasteiger partial charge in [0.1, 0.15) is 12.4 Å². The second kappa shape index (κ2) is 5.84. The Labute approximate surface area is 105 Å². The molecule has 7 heteroatoms. The van der Waals surface area contributed by atoms with Gasteiger partial charge in [0.2, 0.25) is 0 Å². The lowest BCUT2D eigenvalue weighted by Crippen LogP contribution is -2.14. The maximum absolute atomic E-state index is 8.63. The van der Waals surface area contributed by atoms with Crippen LogP contribution in [0.15, 0.2) is 18.7 Å². The number of nitriles is 1. The summed E-state index contributed by atoms with van der Waals surface area (Å²) in [7, 11) is 0. The van der Waals surface area contributed by atoms with E-state index >= 15 is 0 Å². The standard InChI is InChI=1S/C11H13N7/c1-2-3-13-5-9-6-14-11(15-7-9)18-8-16-10(4-12)17-18/h6-8,13H,2-3,5H2,1H3. The van der Waals surface area contributed by atoms with Gasteiger partial charge in [-0.2, -0.15) is 9.94 Å². The second-order valence-corrected chi connectivity index (χ2v) is 3.69. The van der Waals surface area contributed by atoms with E-state index in [0.29, 0.717) is 5.95 Å². The normalized spacial score (nSPS) is 10.2. The van der Waals surface area contributed by atoms with Crippen molar-refractivity contribution in [2.45, 2.75) is 19.9 Å². The molecule has 18 heavy (non-hydrogen) atoms. The van der Waals surface area contributed by atoms with Crippen molar-refractivity contribution in [1.82, 2.24) is 30.0 Å². The lowest BCUT2D eigenvalue weighted by Gasteiger charge is -2.03. The predicted octanol–water partition coefficient (Wildman–Crippen LogP) is 0.429. The summed E-state index contributed by atoms with van der Waals surface area (Å²) < 4.78 is 1.38. The molecule has 0 saturated carbocycles. The Morgan fingerprint density at radius 1 is 1.33 bits per heavy atom. The lowest BCUT2D eigenvalue weighted by atomic mass is 10.3. The molecule has 2 heterocycles. The minimum Gasteiger partial charge on any atom is -0.313 e. The summed E-state index contributed by atoms with van der Waals surface area (Å²) in [6.07, 6.45) is 5.98. The van der Waals surface area contributed by atoms with Crippen molar-refractivity contribution in [3.63, 3.8) is 0 Å². The molecule has 2 aromatic heterocycles. The molecule has 0 aliphatic carbocycles. The van der Waals surface area contributed by atoms with E-state index in [1.807, 2.05) is 6.07 Å². The second-order valence-electron chi connectivity index (χ2n) is 3.69. The van der Waals surface area contributed by atoms with E-state index in [1.54, 1.807) is 12.4 Å². The Hall–Kier alpha value is -2.33. The van der Waals surface area contributed by atoms with Gasteiger partial charge in [-0.1, -0.05) is 6.92 Å². The third kappa shape index (κ3) is 2.87. The van der Waals surface area contributed by atoms with Crippen LogP contribution in [0.25, 0.3) is 5.95 Å². The smallest absolute Gasteiger partial charge is 0.252 e. The highest BCUT2D eigenvalue weighted by atomic mass is 15.4. The van der Waals surface area contributed by atoms with E-state index in [4.69, 9.17) is 5.26 Å². The highest BCUT2D eigenvalue weighted by Crippen LogP contribution is 2.00. The van der Waals surface area contributed by atoms with Crippen LogP contribution < -0.4 is 5.32 Å².